The number of hydrogen-bond acceptors (Lipinski definition) is 4. The van der Waals surface area contributed by atoms with E-state index in [1.807, 2.05) is 25.1 Å². The average Bonchev–Trinajstić information content (AvgIpc) is 3.15. The molecule has 0 bridgehead atoms. The Hall–Kier alpha value is -2.37. The number of aromatic nitrogens is 2. The Morgan fingerprint density at radius 1 is 1.37 bits per heavy atom. The normalized spacial score (nSPS) is 15.6. The molecule has 1 fully saturated rings. The van der Waals surface area contributed by atoms with Crippen molar-refractivity contribution >= 4 is 41.5 Å². The number of carbonyl (C=O) groups excluding carboxylic acids is 1. The third-order valence-corrected chi connectivity index (χ3v) is 4.81. The molecule has 1 aliphatic rings. The summed E-state index contributed by atoms with van der Waals surface area (Å²) in [6, 6.07) is 6.36. The fourth-order valence-corrected chi connectivity index (χ4v) is 3.20. The fourth-order valence-electron chi connectivity index (χ4n) is 3.20. The SMILES string of the molecule is CCC(CNC(=NC)N1CCN(c2cnn(C)c2)C(=O)C1)Oc1ccccc1F.I. The molecule has 2 aromatic rings. The largest absolute Gasteiger partial charge is 0.486 e. The highest BCUT2D eigenvalue weighted by atomic mass is 127. The van der Waals surface area contributed by atoms with Gasteiger partial charge in [-0.05, 0) is 18.6 Å². The van der Waals surface area contributed by atoms with Gasteiger partial charge >= 0.3 is 0 Å². The Kier molecular flexibility index (Phi) is 8.88. The van der Waals surface area contributed by atoms with Gasteiger partial charge < -0.3 is 19.9 Å². The molecule has 1 unspecified atom stereocenters. The van der Waals surface area contributed by atoms with E-state index in [1.54, 1.807) is 41.0 Å². The van der Waals surface area contributed by atoms with E-state index in [2.05, 4.69) is 15.4 Å². The van der Waals surface area contributed by atoms with Gasteiger partial charge in [0.1, 0.15) is 12.6 Å². The first-order chi connectivity index (χ1) is 14.0. The summed E-state index contributed by atoms with van der Waals surface area (Å²) in [7, 11) is 3.50. The second kappa shape index (κ2) is 11.1. The van der Waals surface area contributed by atoms with Gasteiger partial charge in [-0.1, -0.05) is 19.1 Å². The van der Waals surface area contributed by atoms with Gasteiger partial charge in [-0.3, -0.25) is 14.5 Å². The van der Waals surface area contributed by atoms with E-state index in [9.17, 15) is 9.18 Å². The molecule has 1 aliphatic heterocycles. The number of aliphatic imine (C=N–C) groups is 1. The number of para-hydroxylation sites is 1. The number of aryl methyl sites for hydroxylation is 1. The van der Waals surface area contributed by atoms with Crippen LogP contribution in [0.3, 0.4) is 0 Å². The van der Waals surface area contributed by atoms with Gasteiger partial charge in [0, 0.05) is 33.4 Å². The fraction of sp³-hybridized carbons (Fsp3) is 0.450. The molecule has 8 nitrogen and oxygen atoms in total. The predicted octanol–water partition coefficient (Wildman–Crippen LogP) is 2.26. The van der Waals surface area contributed by atoms with Crippen LogP contribution in [-0.4, -0.2) is 65.9 Å². The number of ether oxygens (including phenoxy) is 1. The minimum atomic E-state index is -0.382. The number of benzene rings is 1. The first kappa shape index (κ1) is 23.9. The lowest BCUT2D eigenvalue weighted by Crippen LogP contribution is -2.56. The molecule has 1 aromatic carbocycles. The summed E-state index contributed by atoms with van der Waals surface area (Å²) >= 11 is 0. The second-order valence-electron chi connectivity index (χ2n) is 6.85. The van der Waals surface area contributed by atoms with E-state index >= 15 is 0 Å². The maximum atomic E-state index is 13.8. The number of carbonyl (C=O) groups is 1. The smallest absolute Gasteiger partial charge is 0.246 e. The summed E-state index contributed by atoms with van der Waals surface area (Å²) in [5.41, 5.74) is 0.796. The Morgan fingerprint density at radius 3 is 2.73 bits per heavy atom. The van der Waals surface area contributed by atoms with Crippen molar-refractivity contribution in [2.45, 2.75) is 19.4 Å². The summed E-state index contributed by atoms with van der Waals surface area (Å²) < 4.78 is 21.3. The van der Waals surface area contributed by atoms with Crippen molar-refractivity contribution in [1.82, 2.24) is 20.0 Å². The number of rotatable bonds is 6. The highest BCUT2D eigenvalue weighted by molar-refractivity contribution is 14.0. The van der Waals surface area contributed by atoms with Crippen LogP contribution in [-0.2, 0) is 11.8 Å². The highest BCUT2D eigenvalue weighted by Crippen LogP contribution is 2.18. The topological polar surface area (TPSA) is 75.0 Å². The molecule has 30 heavy (non-hydrogen) atoms. The maximum Gasteiger partial charge on any atom is 0.246 e. The molecule has 10 heteroatoms. The summed E-state index contributed by atoms with van der Waals surface area (Å²) in [6.07, 6.45) is 3.99. The molecule has 1 atom stereocenters. The number of piperazine rings is 1. The lowest BCUT2D eigenvalue weighted by atomic mass is 10.2. The zero-order valence-electron chi connectivity index (χ0n) is 17.4. The quantitative estimate of drug-likeness (QED) is 0.353. The number of nitrogens with one attached hydrogen (secondary N) is 1. The van der Waals surface area contributed by atoms with Gasteiger partial charge in [0.25, 0.3) is 0 Å². The molecule has 0 radical (unpaired) electrons. The predicted molar refractivity (Wildman–Crippen MR) is 125 cm³/mol. The number of anilines is 1. The number of nitrogens with zero attached hydrogens (tertiary/aromatic N) is 5. The second-order valence-corrected chi connectivity index (χ2v) is 6.85. The maximum absolute atomic E-state index is 13.8. The van der Waals surface area contributed by atoms with E-state index in [-0.39, 0.29) is 54.1 Å². The van der Waals surface area contributed by atoms with E-state index in [0.29, 0.717) is 32.0 Å². The highest BCUT2D eigenvalue weighted by Gasteiger charge is 2.28. The standard InChI is InChI=1S/C20H27FN6O2.HI/c1-4-16(29-18-8-6-5-7-17(18)21)12-23-20(22-2)26-9-10-27(19(28)14-26)15-11-24-25(3)13-15;/h5-8,11,13,16H,4,9-10,12,14H2,1-3H3,(H,22,23);1H. The molecule has 0 spiro atoms. The van der Waals surface area contributed by atoms with Gasteiger partial charge in [-0.15, -0.1) is 24.0 Å². The number of hydrogen-bond donors (Lipinski definition) is 1. The first-order valence-corrected chi connectivity index (χ1v) is 9.67. The van der Waals surface area contributed by atoms with Crippen LogP contribution >= 0.6 is 24.0 Å². The van der Waals surface area contributed by atoms with Crippen LogP contribution in [0.5, 0.6) is 5.75 Å². The van der Waals surface area contributed by atoms with Crippen molar-refractivity contribution in [3.8, 4) is 5.75 Å². The van der Waals surface area contributed by atoms with Crippen LogP contribution in [0.2, 0.25) is 0 Å². The molecular weight excluding hydrogens is 502 g/mol. The summed E-state index contributed by atoms with van der Waals surface area (Å²) in [5, 5.41) is 7.38. The summed E-state index contributed by atoms with van der Waals surface area (Å²) in [4.78, 5) is 20.5. The third-order valence-electron chi connectivity index (χ3n) is 4.81. The van der Waals surface area contributed by atoms with Crippen molar-refractivity contribution < 1.29 is 13.9 Å². The number of halogens is 2. The van der Waals surface area contributed by atoms with Crippen molar-refractivity contribution in [2.75, 3.05) is 38.1 Å². The summed E-state index contributed by atoms with van der Waals surface area (Å²) in [6.45, 7) is 3.85. The van der Waals surface area contributed by atoms with Crippen molar-refractivity contribution in [3.05, 3.63) is 42.5 Å². The Morgan fingerprint density at radius 2 is 2.13 bits per heavy atom. The van der Waals surface area contributed by atoms with Crippen molar-refractivity contribution in [2.24, 2.45) is 12.0 Å². The Labute approximate surface area is 193 Å². The average molecular weight is 530 g/mol. The Balaban J connectivity index is 0.00000320. The minimum absolute atomic E-state index is 0. The molecule has 1 amide bonds. The number of guanidine groups is 1. The zero-order valence-corrected chi connectivity index (χ0v) is 19.7. The molecule has 1 aromatic heterocycles. The van der Waals surface area contributed by atoms with Crippen molar-refractivity contribution in [1.29, 1.82) is 0 Å². The van der Waals surface area contributed by atoms with Crippen LogP contribution in [0, 0.1) is 5.82 Å². The van der Waals surface area contributed by atoms with Gasteiger partial charge in [-0.2, -0.15) is 5.10 Å². The third kappa shape index (κ3) is 5.83. The molecule has 2 heterocycles. The van der Waals surface area contributed by atoms with E-state index in [1.165, 1.54) is 6.07 Å². The molecule has 0 saturated carbocycles. The summed E-state index contributed by atoms with van der Waals surface area (Å²) in [5.74, 6) is 0.463. The van der Waals surface area contributed by atoms with Gasteiger partial charge in [0.05, 0.1) is 18.4 Å². The van der Waals surface area contributed by atoms with Crippen LogP contribution in [0.25, 0.3) is 0 Å². The molecule has 1 saturated heterocycles. The van der Waals surface area contributed by atoms with Gasteiger partial charge in [-0.25, -0.2) is 4.39 Å². The Bertz CT molecular complexity index is 874. The van der Waals surface area contributed by atoms with Crippen LogP contribution < -0.4 is 15.0 Å². The van der Waals surface area contributed by atoms with Gasteiger partial charge in [0.15, 0.2) is 17.5 Å². The van der Waals surface area contributed by atoms with E-state index < -0.39 is 0 Å². The molecule has 0 aliphatic carbocycles. The monoisotopic (exact) mass is 530 g/mol. The first-order valence-electron chi connectivity index (χ1n) is 9.67. The lowest BCUT2D eigenvalue weighted by Gasteiger charge is -2.35. The minimum Gasteiger partial charge on any atom is -0.486 e. The molecule has 164 valence electrons. The number of amides is 1. The molecule has 3 rings (SSSR count). The van der Waals surface area contributed by atoms with Crippen LogP contribution in [0.4, 0.5) is 10.1 Å². The molecule has 1 N–H and O–H groups in total. The van der Waals surface area contributed by atoms with Crippen molar-refractivity contribution in [3.63, 3.8) is 0 Å². The van der Waals surface area contributed by atoms with E-state index in [4.69, 9.17) is 4.74 Å². The van der Waals surface area contributed by atoms with Crippen LogP contribution in [0.1, 0.15) is 13.3 Å². The van der Waals surface area contributed by atoms with Crippen LogP contribution in [0.15, 0.2) is 41.7 Å². The zero-order chi connectivity index (χ0) is 20.8. The molecular formula is C20H28FIN6O2. The van der Waals surface area contributed by atoms with Gasteiger partial charge in [0.2, 0.25) is 5.91 Å². The lowest BCUT2D eigenvalue weighted by molar-refractivity contribution is -0.120. The van der Waals surface area contributed by atoms with E-state index in [0.717, 1.165) is 5.69 Å².